The fourth-order valence-corrected chi connectivity index (χ4v) is 4.26. The molecule has 0 aliphatic carbocycles. The Labute approximate surface area is 294 Å². The molecule has 5 rings (SSSR count). The summed E-state index contributed by atoms with van der Waals surface area (Å²) in [6.45, 7) is 8.83. The molecule has 0 bridgehead atoms. The third-order valence-corrected chi connectivity index (χ3v) is 7.62. The van der Waals surface area contributed by atoms with E-state index < -0.39 is 51.5 Å². The quantitative estimate of drug-likeness (QED) is 0.143. The number of hydrogen-bond acceptors (Lipinski definition) is 7. The van der Waals surface area contributed by atoms with Crippen molar-refractivity contribution in [2.45, 2.75) is 51.3 Å². The van der Waals surface area contributed by atoms with Gasteiger partial charge < -0.3 is 23.4 Å². The summed E-state index contributed by atoms with van der Waals surface area (Å²) in [7, 11) is -6.54. The molecule has 0 saturated carbocycles. The predicted molar refractivity (Wildman–Crippen MR) is 150 cm³/mol. The van der Waals surface area contributed by atoms with Gasteiger partial charge in [0.1, 0.15) is 5.82 Å². The van der Waals surface area contributed by atoms with Crippen LogP contribution in [0, 0.1) is 11.6 Å². The molecule has 0 unspecified atom stereocenters. The zero-order valence-corrected chi connectivity index (χ0v) is 28.6. The van der Waals surface area contributed by atoms with Crippen LogP contribution in [0.3, 0.4) is 0 Å². The number of aliphatic carboxylic acids is 1. The van der Waals surface area contributed by atoms with Gasteiger partial charge in [-0.25, -0.2) is 8.78 Å². The molecule has 7 nitrogen and oxygen atoms in total. The molecular weight excluding hydrogens is 637 g/mol. The number of alkyl halides is 3. The summed E-state index contributed by atoms with van der Waals surface area (Å²) in [6, 6.07) is 19.0. The fraction of sp³-hybridized carbons (Fsp3) is 0.276. The van der Waals surface area contributed by atoms with Gasteiger partial charge in [0.25, 0.3) is 0 Å². The van der Waals surface area contributed by atoms with Crippen molar-refractivity contribution in [3.8, 4) is 5.75 Å². The number of carbonyl (C=O) groups is 1. The molecule has 1 aliphatic heterocycles. The summed E-state index contributed by atoms with van der Waals surface area (Å²) in [5, 5.41) is 11.5. The minimum Gasteiger partial charge on any atom is -0.550 e. The second-order valence-corrected chi connectivity index (χ2v) is 12.0. The van der Waals surface area contributed by atoms with Crippen LogP contribution in [0.1, 0.15) is 34.6 Å². The number of carboxylic acids is 1. The second kappa shape index (κ2) is 14.5. The van der Waals surface area contributed by atoms with Crippen molar-refractivity contribution in [3.05, 3.63) is 84.4 Å². The summed E-state index contributed by atoms with van der Waals surface area (Å²) in [5.41, 5.74) is -6.07. The molecule has 1 heterocycles. The van der Waals surface area contributed by atoms with Crippen molar-refractivity contribution in [1.29, 1.82) is 0 Å². The van der Waals surface area contributed by atoms with Gasteiger partial charge in [0.05, 0.1) is 11.2 Å². The summed E-state index contributed by atoms with van der Waals surface area (Å²) < 4.78 is 101. The Bertz CT molecular complexity index is 1730. The molecule has 0 atom stereocenters. The molecule has 4 aromatic carbocycles. The van der Waals surface area contributed by atoms with Crippen LogP contribution >= 0.6 is 0 Å². The van der Waals surface area contributed by atoms with Gasteiger partial charge in [-0.05, 0) is 74.4 Å². The smallest absolute Gasteiger partial charge is 0.550 e. The molecule has 1 fully saturated rings. The number of benzene rings is 4. The van der Waals surface area contributed by atoms with Gasteiger partial charge in [-0.3, -0.25) is 0 Å². The predicted octanol–water partition coefficient (Wildman–Crippen LogP) is 2.25. The van der Waals surface area contributed by atoms with E-state index in [0.29, 0.717) is 16.2 Å². The normalized spacial score (nSPS) is 15.4. The summed E-state index contributed by atoms with van der Waals surface area (Å²) in [4.78, 5) is 8.89. The first kappa shape index (κ1) is 38.1. The largest absolute Gasteiger partial charge is 1.00 e. The van der Waals surface area contributed by atoms with Crippen LogP contribution in [0.5, 0.6) is 5.75 Å². The van der Waals surface area contributed by atoms with Crippen molar-refractivity contribution in [2.24, 2.45) is 0 Å². The third kappa shape index (κ3) is 9.22. The summed E-state index contributed by atoms with van der Waals surface area (Å²) in [6.07, 6.45) is 0. The fourth-order valence-electron chi connectivity index (χ4n) is 3.80. The van der Waals surface area contributed by atoms with Gasteiger partial charge in [-0.15, -0.1) is 0 Å². The maximum Gasteiger partial charge on any atom is 1.00 e. The van der Waals surface area contributed by atoms with Crippen molar-refractivity contribution >= 4 is 50.2 Å². The minimum atomic E-state index is -5.88. The van der Waals surface area contributed by atoms with E-state index in [2.05, 4.69) is 4.18 Å². The van der Waals surface area contributed by atoms with E-state index in [0.717, 1.165) is 29.8 Å². The van der Waals surface area contributed by atoms with E-state index in [1.54, 1.807) is 12.1 Å². The molecule has 0 amide bonds. The van der Waals surface area contributed by atoms with E-state index in [1.807, 2.05) is 58.0 Å². The van der Waals surface area contributed by atoms with Gasteiger partial charge in [-0.1, -0.05) is 54.6 Å². The molecule has 0 aromatic heterocycles. The standard InChI is InChI=1S/C16H18BFO2.C11H6F4O3S.C2H4O2.K/c1-15(2)16(3,4)20-17(19-15)13-9-11-7-5-6-8-12(11)10-14(13)18;12-9-5-7-3-1-2-4-8(7)6-10(9)18-19(16,17)11(13,14)15;1-2(3)4;/h5-10H,1-4H3;1-6H;1H3,(H,3,4);/q;;;+1/p-1. The summed E-state index contributed by atoms with van der Waals surface area (Å²) in [5.74, 6) is -3.55. The SMILES string of the molecule is CC(=O)[O-].CC1(C)OB(c2cc3ccccc3cc2F)OC1(C)C.O=S(=O)(Oc1cc2ccccc2cc1F)C(F)(F)F.[K+]. The van der Waals surface area contributed by atoms with Gasteiger partial charge in [0.15, 0.2) is 11.6 Å². The Morgan fingerprint density at radius 2 is 1.16 bits per heavy atom. The zero-order valence-electron chi connectivity index (χ0n) is 24.7. The van der Waals surface area contributed by atoms with Crippen LogP contribution in [0.2, 0.25) is 0 Å². The molecule has 230 valence electrons. The number of fused-ring (bicyclic) bond motifs is 2. The van der Waals surface area contributed by atoms with E-state index in [-0.39, 0.29) is 57.2 Å². The van der Waals surface area contributed by atoms with E-state index in [4.69, 9.17) is 19.2 Å². The van der Waals surface area contributed by atoms with Crippen LogP contribution in [-0.4, -0.2) is 38.2 Å². The van der Waals surface area contributed by atoms with Crippen LogP contribution in [0.4, 0.5) is 22.0 Å². The molecule has 0 spiro atoms. The van der Waals surface area contributed by atoms with Crippen LogP contribution in [0.25, 0.3) is 21.5 Å². The van der Waals surface area contributed by atoms with E-state index >= 15 is 0 Å². The molecule has 15 heteroatoms. The van der Waals surface area contributed by atoms with E-state index in [9.17, 15) is 30.4 Å². The van der Waals surface area contributed by atoms with Gasteiger partial charge >= 0.3 is 74.1 Å². The van der Waals surface area contributed by atoms with Gasteiger partial charge in [-0.2, -0.15) is 21.6 Å². The van der Waals surface area contributed by atoms with Crippen molar-refractivity contribution in [1.82, 2.24) is 0 Å². The Morgan fingerprint density at radius 3 is 1.57 bits per heavy atom. The first-order valence-corrected chi connectivity index (χ1v) is 14.1. The average Bonchev–Trinajstić information content (AvgIpc) is 3.09. The van der Waals surface area contributed by atoms with Crippen molar-refractivity contribution in [3.63, 3.8) is 0 Å². The minimum absolute atomic E-state index is 0. The maximum absolute atomic E-state index is 14.3. The van der Waals surface area contributed by atoms with Gasteiger partial charge in [0.2, 0.25) is 0 Å². The van der Waals surface area contributed by atoms with Crippen LogP contribution < -0.4 is 66.1 Å². The monoisotopic (exact) mass is 664 g/mol. The molecule has 1 saturated heterocycles. The average molecular weight is 664 g/mol. The van der Waals surface area contributed by atoms with Crippen molar-refractivity contribution in [2.75, 3.05) is 0 Å². The first-order valence-electron chi connectivity index (χ1n) is 12.6. The van der Waals surface area contributed by atoms with E-state index in [1.165, 1.54) is 18.2 Å². The third-order valence-electron chi connectivity index (χ3n) is 6.66. The topological polar surface area (TPSA) is 102 Å². The Morgan fingerprint density at radius 1 is 0.795 bits per heavy atom. The summed E-state index contributed by atoms with van der Waals surface area (Å²) >= 11 is 0. The number of hydrogen-bond donors (Lipinski definition) is 0. The van der Waals surface area contributed by atoms with Crippen LogP contribution in [0.15, 0.2) is 72.8 Å². The Hall–Kier alpha value is -2.11. The number of rotatable bonds is 3. The molecular formula is C29H27BF5KO7S. The second-order valence-electron chi connectivity index (χ2n) is 10.4. The number of halogens is 5. The Kier molecular flexibility index (Phi) is 12.6. The number of carboxylic acid groups (broad SMARTS) is 1. The molecule has 0 N–H and O–H groups in total. The maximum atomic E-state index is 14.3. The molecule has 1 aliphatic rings. The van der Waals surface area contributed by atoms with Gasteiger partial charge in [0, 0.05) is 11.4 Å². The zero-order chi connectivity index (χ0) is 32.4. The first-order chi connectivity index (χ1) is 19.7. The number of carbonyl (C=O) groups excluding carboxylic acids is 1. The van der Waals surface area contributed by atoms with Crippen LogP contribution in [-0.2, 0) is 24.2 Å². The molecule has 44 heavy (non-hydrogen) atoms. The molecule has 4 aromatic rings. The van der Waals surface area contributed by atoms with Crippen molar-refractivity contribution < 1.29 is 105 Å². The Balaban J connectivity index is 0.000000269. The molecule has 0 radical (unpaired) electrons.